The van der Waals surface area contributed by atoms with Crippen LogP contribution in [-0.4, -0.2) is 56.2 Å². The van der Waals surface area contributed by atoms with Crippen LogP contribution in [0.4, 0.5) is 0 Å². The Morgan fingerprint density at radius 3 is 2.92 bits per heavy atom. The zero-order valence-electron chi connectivity index (χ0n) is 14.0. The molecular formula is C16H22N6O2. The second-order valence-corrected chi connectivity index (χ2v) is 6.77. The zero-order chi connectivity index (χ0) is 16.7. The molecule has 3 heterocycles. The van der Waals surface area contributed by atoms with Crippen LogP contribution in [-0.2, 0) is 11.3 Å². The molecule has 8 nitrogen and oxygen atoms in total. The van der Waals surface area contributed by atoms with E-state index in [9.17, 15) is 4.79 Å². The minimum absolute atomic E-state index is 0.0106. The molecule has 1 saturated heterocycles. The second kappa shape index (κ2) is 6.01. The molecule has 2 aromatic heterocycles. The first-order valence-electron chi connectivity index (χ1n) is 8.36. The van der Waals surface area contributed by atoms with Gasteiger partial charge in [0.25, 0.3) is 5.91 Å². The summed E-state index contributed by atoms with van der Waals surface area (Å²) < 4.78 is 5.10. The van der Waals surface area contributed by atoms with Crippen molar-refractivity contribution < 1.29 is 9.53 Å². The Balaban J connectivity index is 1.54. The fourth-order valence-corrected chi connectivity index (χ4v) is 3.65. The van der Waals surface area contributed by atoms with E-state index in [1.807, 2.05) is 11.8 Å². The van der Waals surface area contributed by atoms with Gasteiger partial charge in [-0.05, 0) is 31.6 Å². The molecule has 4 rings (SSSR count). The number of carbonyl (C=O) groups is 1. The number of nitrogens with zero attached hydrogens (tertiary/aromatic N) is 4. The Bertz CT molecular complexity index is 735. The number of hydrogen-bond donors (Lipinski definition) is 2. The van der Waals surface area contributed by atoms with Gasteiger partial charge in [0, 0.05) is 26.1 Å². The molecule has 2 fully saturated rings. The molecule has 0 spiro atoms. The van der Waals surface area contributed by atoms with Crippen LogP contribution in [0.25, 0.3) is 0 Å². The summed E-state index contributed by atoms with van der Waals surface area (Å²) in [6, 6.07) is 0. The Morgan fingerprint density at radius 1 is 1.42 bits per heavy atom. The van der Waals surface area contributed by atoms with Crippen LogP contribution in [0, 0.1) is 18.8 Å². The molecule has 1 aliphatic heterocycles. The van der Waals surface area contributed by atoms with Crippen LogP contribution in [0.5, 0.6) is 0 Å². The summed E-state index contributed by atoms with van der Waals surface area (Å²) in [5.41, 5.74) is 0.553. The van der Waals surface area contributed by atoms with Gasteiger partial charge in [-0.1, -0.05) is 0 Å². The molecule has 24 heavy (non-hydrogen) atoms. The number of nitrogens with one attached hydrogen (secondary N) is 2. The molecule has 8 heteroatoms. The number of imidazole rings is 1. The Kier molecular flexibility index (Phi) is 3.84. The Morgan fingerprint density at radius 2 is 2.25 bits per heavy atom. The number of carbonyl (C=O) groups excluding carboxylic acids is 1. The van der Waals surface area contributed by atoms with Gasteiger partial charge in [0.05, 0.1) is 6.20 Å². The monoisotopic (exact) mass is 330 g/mol. The number of likely N-dealkylation sites (tertiary alicyclic amines) is 1. The zero-order valence-corrected chi connectivity index (χ0v) is 14.0. The molecule has 2 N–H and O–H groups in total. The van der Waals surface area contributed by atoms with E-state index < -0.39 is 0 Å². The van der Waals surface area contributed by atoms with Crippen molar-refractivity contribution >= 4 is 5.91 Å². The number of H-pyrrole nitrogens is 2. The van der Waals surface area contributed by atoms with E-state index in [0.29, 0.717) is 30.7 Å². The lowest BCUT2D eigenvalue weighted by Crippen LogP contribution is -2.29. The lowest BCUT2D eigenvalue weighted by Gasteiger charge is -2.14. The minimum atomic E-state index is 0.0106. The molecule has 2 aromatic rings. The van der Waals surface area contributed by atoms with Crippen molar-refractivity contribution in [3.05, 3.63) is 29.4 Å². The predicted octanol–water partition coefficient (Wildman–Crippen LogP) is 1.25. The fourth-order valence-electron chi connectivity index (χ4n) is 3.65. The average Bonchev–Trinajstić information content (AvgIpc) is 2.99. The van der Waals surface area contributed by atoms with E-state index in [-0.39, 0.29) is 11.8 Å². The molecule has 0 unspecified atom stereocenters. The lowest BCUT2D eigenvalue weighted by atomic mass is 9.91. The smallest absolute Gasteiger partial charge is 0.271 e. The van der Waals surface area contributed by atoms with Gasteiger partial charge in [-0.3, -0.25) is 9.89 Å². The number of aromatic nitrogens is 5. The van der Waals surface area contributed by atoms with Gasteiger partial charge < -0.3 is 14.6 Å². The van der Waals surface area contributed by atoms with Crippen LogP contribution in [0.1, 0.15) is 46.7 Å². The molecule has 1 aliphatic carbocycles. The van der Waals surface area contributed by atoms with Gasteiger partial charge in [-0.25, -0.2) is 9.97 Å². The minimum Gasteiger partial charge on any atom is -0.377 e. The van der Waals surface area contributed by atoms with Crippen molar-refractivity contribution in [1.82, 2.24) is 30.0 Å². The van der Waals surface area contributed by atoms with Crippen LogP contribution in [0.15, 0.2) is 6.20 Å². The van der Waals surface area contributed by atoms with Crippen LogP contribution >= 0.6 is 0 Å². The van der Waals surface area contributed by atoms with Gasteiger partial charge in [0.1, 0.15) is 18.1 Å². The maximum atomic E-state index is 12.7. The maximum absolute atomic E-state index is 12.7. The number of rotatable bonds is 5. The second-order valence-electron chi connectivity index (χ2n) is 6.77. The Labute approximate surface area is 140 Å². The summed E-state index contributed by atoms with van der Waals surface area (Å²) in [6.45, 7) is 3.69. The quantitative estimate of drug-likeness (QED) is 0.859. The topological polar surface area (TPSA) is 99.8 Å². The largest absolute Gasteiger partial charge is 0.377 e. The maximum Gasteiger partial charge on any atom is 0.271 e. The SMILES string of the molecule is COCc1nc([C@H]2CN(C(=O)c3cnc(C)[nH]3)C[C@@H]2C2CC2)n[nH]1. The Hall–Kier alpha value is -2.22. The highest BCUT2D eigenvalue weighted by atomic mass is 16.5. The molecular weight excluding hydrogens is 308 g/mol. The molecule has 1 amide bonds. The highest BCUT2D eigenvalue weighted by Crippen LogP contribution is 2.47. The first-order chi connectivity index (χ1) is 11.7. The van der Waals surface area contributed by atoms with Crippen LogP contribution in [0.2, 0.25) is 0 Å². The number of hydrogen-bond acceptors (Lipinski definition) is 5. The van der Waals surface area contributed by atoms with Crippen molar-refractivity contribution in [1.29, 1.82) is 0 Å². The van der Waals surface area contributed by atoms with Crippen molar-refractivity contribution in [2.75, 3.05) is 20.2 Å². The third-order valence-electron chi connectivity index (χ3n) is 4.97. The van der Waals surface area contributed by atoms with Crippen LogP contribution < -0.4 is 0 Å². The third-order valence-corrected chi connectivity index (χ3v) is 4.97. The molecule has 128 valence electrons. The summed E-state index contributed by atoms with van der Waals surface area (Å²) in [6.07, 6.45) is 4.09. The number of aryl methyl sites for hydroxylation is 1. The van der Waals surface area contributed by atoms with Gasteiger partial charge >= 0.3 is 0 Å². The predicted molar refractivity (Wildman–Crippen MR) is 85.3 cm³/mol. The van der Waals surface area contributed by atoms with Crippen LogP contribution in [0.3, 0.4) is 0 Å². The molecule has 2 aliphatic rings. The number of amides is 1. The van der Waals surface area contributed by atoms with E-state index in [1.54, 1.807) is 13.3 Å². The van der Waals surface area contributed by atoms with E-state index in [1.165, 1.54) is 12.8 Å². The number of ether oxygens (including phenoxy) is 1. The normalized spacial score (nSPS) is 23.8. The highest BCUT2D eigenvalue weighted by Gasteiger charge is 2.46. The average molecular weight is 330 g/mol. The van der Waals surface area contributed by atoms with Crippen molar-refractivity contribution in [3.8, 4) is 0 Å². The first-order valence-corrected chi connectivity index (χ1v) is 8.36. The fraction of sp³-hybridized carbons (Fsp3) is 0.625. The van der Waals surface area contributed by atoms with Crippen molar-refractivity contribution in [2.45, 2.75) is 32.3 Å². The molecule has 0 bridgehead atoms. The highest BCUT2D eigenvalue weighted by molar-refractivity contribution is 5.92. The molecule has 0 aromatic carbocycles. The van der Waals surface area contributed by atoms with Gasteiger partial charge in [0.2, 0.25) is 0 Å². The summed E-state index contributed by atoms with van der Waals surface area (Å²) in [7, 11) is 1.64. The van der Waals surface area contributed by atoms with E-state index in [2.05, 4.69) is 25.1 Å². The molecule has 2 atom stereocenters. The van der Waals surface area contributed by atoms with Crippen molar-refractivity contribution in [2.24, 2.45) is 11.8 Å². The van der Waals surface area contributed by atoms with Gasteiger partial charge in [0.15, 0.2) is 11.6 Å². The molecule has 0 radical (unpaired) electrons. The number of methoxy groups -OCH3 is 1. The third kappa shape index (κ3) is 2.82. The molecule has 1 saturated carbocycles. The first kappa shape index (κ1) is 15.3. The summed E-state index contributed by atoms with van der Waals surface area (Å²) in [5, 5.41) is 7.31. The summed E-state index contributed by atoms with van der Waals surface area (Å²) in [4.78, 5) is 26.4. The van der Waals surface area contributed by atoms with Crippen molar-refractivity contribution in [3.63, 3.8) is 0 Å². The van der Waals surface area contributed by atoms with E-state index >= 15 is 0 Å². The number of aromatic amines is 2. The standard InChI is InChI=1S/C16H22N6O2/c1-9-17-5-13(18-9)16(23)22-6-11(10-3-4-10)12(7-22)15-19-14(8-24-2)20-21-15/h5,10-12H,3-4,6-8H2,1-2H3,(H,17,18)(H,19,20,21)/t11-,12+/m1/s1. The summed E-state index contributed by atoms with van der Waals surface area (Å²) in [5.74, 6) is 3.60. The van der Waals surface area contributed by atoms with E-state index in [4.69, 9.17) is 4.74 Å². The van der Waals surface area contributed by atoms with Gasteiger partial charge in [-0.15, -0.1) is 0 Å². The lowest BCUT2D eigenvalue weighted by molar-refractivity contribution is 0.0779. The summed E-state index contributed by atoms with van der Waals surface area (Å²) >= 11 is 0. The van der Waals surface area contributed by atoms with Gasteiger partial charge in [-0.2, -0.15) is 5.10 Å². The van der Waals surface area contributed by atoms with E-state index in [0.717, 1.165) is 24.0 Å².